The molecule has 1 aromatic carbocycles. The van der Waals surface area contributed by atoms with E-state index in [0.717, 1.165) is 26.0 Å². The Bertz CT molecular complexity index is 819. The Morgan fingerprint density at radius 3 is 2.38 bits per heavy atom. The number of hydrogen-bond acceptors (Lipinski definition) is 6. The molecule has 0 radical (unpaired) electrons. The maximum Gasteiger partial charge on any atom is 0.343 e. The maximum absolute atomic E-state index is 14.4. The molecule has 0 spiro atoms. The lowest BCUT2D eigenvalue weighted by Crippen LogP contribution is -2.23. The molecule has 0 atom stereocenters. The average Bonchev–Trinajstić information content (AvgIpc) is 3.40. The summed E-state index contributed by atoms with van der Waals surface area (Å²) in [4.78, 5) is 34.3. The van der Waals surface area contributed by atoms with Crippen molar-refractivity contribution in [3.8, 4) is 0 Å². The van der Waals surface area contributed by atoms with E-state index in [1.54, 1.807) is 0 Å². The van der Waals surface area contributed by atoms with Crippen molar-refractivity contribution in [3.63, 3.8) is 0 Å². The number of rotatable bonds is 7. The summed E-state index contributed by atoms with van der Waals surface area (Å²) >= 11 is 0. The van der Waals surface area contributed by atoms with Crippen LogP contribution in [0.25, 0.3) is 0 Å². The van der Waals surface area contributed by atoms with E-state index in [0.29, 0.717) is 0 Å². The van der Waals surface area contributed by atoms with Crippen LogP contribution in [0.2, 0.25) is 0 Å². The van der Waals surface area contributed by atoms with Gasteiger partial charge in [0.25, 0.3) is 0 Å². The molecular formula is C16H15F3N2O5. The molecule has 0 aliphatic heterocycles. The van der Waals surface area contributed by atoms with Gasteiger partial charge in [-0.05, 0) is 26.7 Å². The highest BCUT2D eigenvalue weighted by molar-refractivity contribution is 6.25. The van der Waals surface area contributed by atoms with E-state index < -0.39 is 56.5 Å². The first-order valence-electron chi connectivity index (χ1n) is 7.70. The van der Waals surface area contributed by atoms with Crippen LogP contribution in [0.3, 0.4) is 0 Å². The van der Waals surface area contributed by atoms with Gasteiger partial charge in [-0.25, -0.2) is 13.6 Å². The highest BCUT2D eigenvalue weighted by Crippen LogP contribution is 2.32. The minimum Gasteiger partial charge on any atom is -0.462 e. The topological polar surface area (TPSA) is 98.5 Å². The van der Waals surface area contributed by atoms with Gasteiger partial charge in [0.05, 0.1) is 11.5 Å². The quantitative estimate of drug-likeness (QED) is 0.115. The second kappa shape index (κ2) is 7.54. The Labute approximate surface area is 146 Å². The fourth-order valence-corrected chi connectivity index (χ4v) is 2.16. The summed E-state index contributed by atoms with van der Waals surface area (Å²) in [5.41, 5.74) is -4.65. The molecule has 26 heavy (non-hydrogen) atoms. The van der Waals surface area contributed by atoms with Gasteiger partial charge in [-0.15, -0.1) is 0 Å². The molecule has 0 saturated heterocycles. The van der Waals surface area contributed by atoms with E-state index in [-0.39, 0.29) is 12.6 Å². The fourth-order valence-electron chi connectivity index (χ4n) is 2.16. The number of ether oxygens (including phenoxy) is 1. The Morgan fingerprint density at radius 1 is 1.27 bits per heavy atom. The summed E-state index contributed by atoms with van der Waals surface area (Å²) in [6.07, 6.45) is 2.51. The minimum absolute atomic E-state index is 0.00116. The van der Waals surface area contributed by atoms with E-state index in [2.05, 4.69) is 5.32 Å². The second-order valence-electron chi connectivity index (χ2n) is 5.60. The number of nitro benzene ring substituents is 1. The van der Waals surface area contributed by atoms with Crippen molar-refractivity contribution in [2.75, 3.05) is 6.61 Å². The van der Waals surface area contributed by atoms with Gasteiger partial charge in [-0.2, -0.15) is 4.39 Å². The van der Waals surface area contributed by atoms with Crippen LogP contribution in [0.5, 0.6) is 0 Å². The minimum atomic E-state index is -1.98. The SMILES string of the molecule is CCOC(=O)/C(=C/NC1CC1)C(=O)c1c(F)c(C)c(F)c(F)c1[N+](=O)[O-]. The summed E-state index contributed by atoms with van der Waals surface area (Å²) in [6.45, 7) is 2.16. The summed E-state index contributed by atoms with van der Waals surface area (Å²) in [7, 11) is 0. The molecule has 0 bridgehead atoms. The number of halogens is 3. The lowest BCUT2D eigenvalue weighted by molar-refractivity contribution is -0.388. The summed E-state index contributed by atoms with van der Waals surface area (Å²) < 4.78 is 46.7. The first kappa shape index (κ1) is 19.4. The number of nitro groups is 1. The van der Waals surface area contributed by atoms with Gasteiger partial charge in [0.15, 0.2) is 5.82 Å². The van der Waals surface area contributed by atoms with Crippen LogP contribution >= 0.6 is 0 Å². The summed E-state index contributed by atoms with van der Waals surface area (Å²) in [5, 5.41) is 13.8. The molecule has 1 aliphatic rings. The third-order valence-corrected chi connectivity index (χ3v) is 3.71. The maximum atomic E-state index is 14.4. The summed E-state index contributed by atoms with van der Waals surface area (Å²) in [5.74, 6) is -7.99. The molecule has 1 saturated carbocycles. The number of esters is 1. The molecule has 7 nitrogen and oxygen atoms in total. The molecule has 10 heteroatoms. The predicted molar refractivity (Wildman–Crippen MR) is 82.9 cm³/mol. The van der Waals surface area contributed by atoms with Gasteiger partial charge < -0.3 is 10.1 Å². The van der Waals surface area contributed by atoms with Crippen LogP contribution in [0.4, 0.5) is 18.9 Å². The molecule has 2 rings (SSSR count). The van der Waals surface area contributed by atoms with Crippen molar-refractivity contribution in [3.05, 3.63) is 50.5 Å². The Kier molecular flexibility index (Phi) is 5.63. The van der Waals surface area contributed by atoms with Crippen LogP contribution in [-0.2, 0) is 9.53 Å². The third-order valence-electron chi connectivity index (χ3n) is 3.71. The molecular weight excluding hydrogens is 357 g/mol. The lowest BCUT2D eigenvalue weighted by atomic mass is 9.98. The van der Waals surface area contributed by atoms with E-state index in [1.165, 1.54) is 6.92 Å². The molecule has 0 heterocycles. The van der Waals surface area contributed by atoms with E-state index in [9.17, 15) is 32.9 Å². The fraction of sp³-hybridized carbons (Fsp3) is 0.375. The van der Waals surface area contributed by atoms with Crippen LogP contribution in [0.15, 0.2) is 11.8 Å². The van der Waals surface area contributed by atoms with Gasteiger partial charge in [-0.3, -0.25) is 14.9 Å². The number of ketones is 1. The standard InChI is InChI=1S/C16H15F3N2O5/c1-3-26-16(23)9(6-20-8-4-5-8)15(22)10-11(17)7(2)12(18)13(19)14(10)21(24)25/h6,8,20H,3-5H2,1-2H3/b9-6+. The molecule has 1 aromatic rings. The van der Waals surface area contributed by atoms with E-state index in [4.69, 9.17) is 4.74 Å². The average molecular weight is 372 g/mol. The van der Waals surface area contributed by atoms with E-state index in [1.807, 2.05) is 0 Å². The van der Waals surface area contributed by atoms with Crippen LogP contribution < -0.4 is 5.32 Å². The third kappa shape index (κ3) is 3.68. The zero-order chi connectivity index (χ0) is 19.6. The molecule has 0 aromatic heterocycles. The number of benzene rings is 1. The van der Waals surface area contributed by atoms with Crippen LogP contribution in [0, 0.1) is 34.5 Å². The van der Waals surface area contributed by atoms with Crippen molar-refractivity contribution in [2.45, 2.75) is 32.7 Å². The molecule has 1 fully saturated rings. The largest absolute Gasteiger partial charge is 0.462 e. The normalized spacial score (nSPS) is 14.1. The van der Waals surface area contributed by atoms with Gasteiger partial charge in [0, 0.05) is 17.8 Å². The molecule has 140 valence electrons. The van der Waals surface area contributed by atoms with Crippen LogP contribution in [0.1, 0.15) is 35.7 Å². The van der Waals surface area contributed by atoms with Gasteiger partial charge >= 0.3 is 11.7 Å². The second-order valence-corrected chi connectivity index (χ2v) is 5.60. The van der Waals surface area contributed by atoms with Crippen molar-refractivity contribution in [1.29, 1.82) is 0 Å². The van der Waals surface area contributed by atoms with Gasteiger partial charge in [-0.1, -0.05) is 0 Å². The number of nitrogens with zero attached hydrogens (tertiary/aromatic N) is 1. The smallest absolute Gasteiger partial charge is 0.343 e. The summed E-state index contributed by atoms with van der Waals surface area (Å²) in [6, 6.07) is -0.00116. The first-order valence-corrected chi connectivity index (χ1v) is 7.70. The Hall–Kier alpha value is -2.91. The molecule has 1 aliphatic carbocycles. The van der Waals surface area contributed by atoms with Crippen LogP contribution in [-0.4, -0.2) is 29.3 Å². The highest BCUT2D eigenvalue weighted by atomic mass is 19.2. The van der Waals surface area contributed by atoms with E-state index >= 15 is 0 Å². The molecule has 0 unspecified atom stereocenters. The van der Waals surface area contributed by atoms with Gasteiger partial charge in [0.2, 0.25) is 11.6 Å². The Balaban J connectivity index is 2.62. The van der Waals surface area contributed by atoms with Crippen molar-refractivity contribution < 1.29 is 32.4 Å². The number of nitrogens with one attached hydrogen (secondary N) is 1. The van der Waals surface area contributed by atoms with Crippen molar-refractivity contribution in [2.24, 2.45) is 0 Å². The predicted octanol–water partition coefficient (Wildman–Crippen LogP) is 2.70. The number of hydrogen-bond donors (Lipinski definition) is 1. The number of Topliss-reactive ketones (excluding diaryl/α,β-unsaturated/α-hetero) is 1. The highest BCUT2D eigenvalue weighted by Gasteiger charge is 2.38. The van der Waals surface area contributed by atoms with Crippen molar-refractivity contribution in [1.82, 2.24) is 5.32 Å². The zero-order valence-electron chi connectivity index (χ0n) is 13.9. The zero-order valence-corrected chi connectivity index (χ0v) is 13.9. The Morgan fingerprint density at radius 2 is 1.88 bits per heavy atom. The molecule has 1 N–H and O–H groups in total. The monoisotopic (exact) mass is 372 g/mol. The number of carbonyl (C=O) groups is 2. The number of carbonyl (C=O) groups excluding carboxylic acids is 2. The molecule has 0 amide bonds. The van der Waals surface area contributed by atoms with Gasteiger partial charge in [0.1, 0.15) is 17.0 Å². The first-order chi connectivity index (χ1) is 12.2. The lowest BCUT2D eigenvalue weighted by Gasteiger charge is -2.11. The van der Waals surface area contributed by atoms with Crippen molar-refractivity contribution >= 4 is 17.4 Å².